The Labute approximate surface area is 142 Å². The molecule has 8 nitrogen and oxygen atoms in total. The van der Waals surface area contributed by atoms with Gasteiger partial charge in [-0.05, 0) is 32.0 Å². The number of carbonyl (C=O) groups excluding carboxylic acids is 1. The number of ether oxygens (including phenoxy) is 1. The van der Waals surface area contributed by atoms with Crippen molar-refractivity contribution in [2.24, 2.45) is 5.73 Å². The number of rotatable bonds is 6. The van der Waals surface area contributed by atoms with E-state index in [4.69, 9.17) is 10.5 Å². The molecular formula is C15H24N4O4S. The van der Waals surface area contributed by atoms with E-state index in [1.54, 1.807) is 13.0 Å². The summed E-state index contributed by atoms with van der Waals surface area (Å²) in [6.45, 7) is 5.51. The zero-order chi connectivity index (χ0) is 17.7. The van der Waals surface area contributed by atoms with E-state index < -0.39 is 16.1 Å². The highest BCUT2D eigenvalue weighted by Gasteiger charge is 2.27. The molecule has 0 saturated carbocycles. The molecule has 1 heterocycles. The fraction of sp³-hybridized carbons (Fsp3) is 0.533. The zero-order valence-electron chi connectivity index (χ0n) is 13.9. The number of hydrogen-bond acceptors (Lipinski definition) is 6. The van der Waals surface area contributed by atoms with Crippen LogP contribution in [0, 0.1) is 0 Å². The summed E-state index contributed by atoms with van der Waals surface area (Å²) in [6, 6.07) is 3.94. The van der Waals surface area contributed by atoms with Crippen LogP contribution < -0.4 is 16.4 Å². The second-order valence-electron chi connectivity index (χ2n) is 5.53. The Bertz CT molecular complexity index is 685. The highest BCUT2D eigenvalue weighted by molar-refractivity contribution is 7.89. The Balaban J connectivity index is 2.35. The second kappa shape index (κ2) is 7.93. The Morgan fingerprint density at radius 2 is 2.00 bits per heavy atom. The molecule has 134 valence electrons. The zero-order valence-corrected chi connectivity index (χ0v) is 14.7. The average molecular weight is 356 g/mol. The van der Waals surface area contributed by atoms with Gasteiger partial charge in [0.25, 0.3) is 0 Å². The number of hydrogen-bond donors (Lipinski definition) is 3. The van der Waals surface area contributed by atoms with Gasteiger partial charge in [-0.1, -0.05) is 0 Å². The van der Waals surface area contributed by atoms with Gasteiger partial charge in [0.15, 0.2) is 0 Å². The summed E-state index contributed by atoms with van der Waals surface area (Å²) in [5, 5.41) is 5.77. The number of nitrogens with two attached hydrogens (primary N) is 1. The van der Waals surface area contributed by atoms with Gasteiger partial charge >= 0.3 is 0 Å². The van der Waals surface area contributed by atoms with Crippen molar-refractivity contribution in [3.05, 3.63) is 18.2 Å². The molecule has 0 radical (unpaired) electrons. The maximum atomic E-state index is 12.7. The van der Waals surface area contributed by atoms with Gasteiger partial charge in [-0.3, -0.25) is 4.79 Å². The van der Waals surface area contributed by atoms with Crippen LogP contribution in [-0.2, 0) is 19.6 Å². The largest absolute Gasteiger partial charge is 0.384 e. The van der Waals surface area contributed by atoms with Gasteiger partial charge in [-0.15, -0.1) is 0 Å². The minimum atomic E-state index is -3.63. The highest BCUT2D eigenvalue weighted by Crippen LogP contribution is 2.27. The molecule has 1 atom stereocenters. The smallest absolute Gasteiger partial charge is 0.243 e. The maximum absolute atomic E-state index is 12.7. The first-order valence-corrected chi connectivity index (χ1v) is 9.32. The predicted octanol–water partition coefficient (Wildman–Crippen LogP) is 0.425. The highest BCUT2D eigenvalue weighted by atomic mass is 32.2. The lowest BCUT2D eigenvalue weighted by Crippen LogP contribution is -2.40. The van der Waals surface area contributed by atoms with Crippen molar-refractivity contribution in [3.63, 3.8) is 0 Å². The molecule has 0 aliphatic carbocycles. The molecule has 1 aliphatic rings. The molecule has 0 bridgehead atoms. The third kappa shape index (κ3) is 4.23. The monoisotopic (exact) mass is 356 g/mol. The molecule has 0 unspecified atom stereocenters. The van der Waals surface area contributed by atoms with Gasteiger partial charge in [0.2, 0.25) is 15.9 Å². The summed E-state index contributed by atoms with van der Waals surface area (Å²) in [5.41, 5.74) is 6.62. The number of nitrogens with one attached hydrogen (secondary N) is 2. The van der Waals surface area contributed by atoms with Crippen LogP contribution in [0.2, 0.25) is 0 Å². The molecule has 4 N–H and O–H groups in total. The van der Waals surface area contributed by atoms with Crippen molar-refractivity contribution < 1.29 is 17.9 Å². The topological polar surface area (TPSA) is 114 Å². The Hall–Kier alpha value is -1.68. The molecule has 2 rings (SSSR count). The summed E-state index contributed by atoms with van der Waals surface area (Å²) in [4.78, 5) is 12.0. The van der Waals surface area contributed by atoms with E-state index in [0.717, 1.165) is 0 Å². The van der Waals surface area contributed by atoms with E-state index in [1.165, 1.54) is 16.4 Å². The maximum Gasteiger partial charge on any atom is 0.243 e. The SMILES string of the molecule is CCNc1ccc(S(=O)(=O)N2CCOCC2)cc1NC(=O)[C@H](C)N. The standard InChI is InChI=1S/C15H24N4O4S/c1-3-17-13-5-4-12(10-14(13)18-15(20)11(2)16)24(21,22)19-6-8-23-9-7-19/h4-5,10-11,17H,3,6-9,16H2,1-2H3,(H,18,20)/t11-/m0/s1. The third-order valence-electron chi connectivity index (χ3n) is 3.64. The van der Waals surface area contributed by atoms with Crippen molar-refractivity contribution in [1.82, 2.24) is 4.31 Å². The van der Waals surface area contributed by atoms with Crippen LogP contribution in [0.15, 0.2) is 23.1 Å². The van der Waals surface area contributed by atoms with Crippen molar-refractivity contribution in [2.75, 3.05) is 43.5 Å². The number of nitrogens with zero attached hydrogens (tertiary/aromatic N) is 1. The summed E-state index contributed by atoms with van der Waals surface area (Å²) in [5.74, 6) is -0.380. The summed E-state index contributed by atoms with van der Waals surface area (Å²) in [7, 11) is -3.63. The molecule has 1 aromatic carbocycles. The van der Waals surface area contributed by atoms with Gasteiger partial charge < -0.3 is 21.1 Å². The van der Waals surface area contributed by atoms with Crippen LogP contribution in [0.3, 0.4) is 0 Å². The number of morpholine rings is 1. The van der Waals surface area contributed by atoms with Gasteiger partial charge in [0.1, 0.15) is 0 Å². The first-order valence-electron chi connectivity index (χ1n) is 7.88. The minimum absolute atomic E-state index is 0.131. The van der Waals surface area contributed by atoms with Crippen molar-refractivity contribution in [1.29, 1.82) is 0 Å². The van der Waals surface area contributed by atoms with Crippen LogP contribution in [0.1, 0.15) is 13.8 Å². The third-order valence-corrected chi connectivity index (χ3v) is 5.53. The van der Waals surface area contributed by atoms with E-state index in [-0.39, 0.29) is 10.8 Å². The molecule has 1 aliphatic heterocycles. The van der Waals surface area contributed by atoms with Gasteiger partial charge in [0, 0.05) is 19.6 Å². The molecule has 24 heavy (non-hydrogen) atoms. The van der Waals surface area contributed by atoms with Crippen LogP contribution >= 0.6 is 0 Å². The van der Waals surface area contributed by atoms with Crippen LogP contribution in [-0.4, -0.2) is 57.5 Å². The minimum Gasteiger partial charge on any atom is -0.384 e. The van der Waals surface area contributed by atoms with E-state index >= 15 is 0 Å². The molecule has 0 spiro atoms. The number of sulfonamides is 1. The van der Waals surface area contributed by atoms with Gasteiger partial charge in [0.05, 0.1) is 35.5 Å². The van der Waals surface area contributed by atoms with E-state index in [2.05, 4.69) is 10.6 Å². The number of amides is 1. The summed E-state index contributed by atoms with van der Waals surface area (Å²) in [6.07, 6.45) is 0. The first kappa shape index (κ1) is 18.7. The van der Waals surface area contributed by atoms with E-state index in [1.807, 2.05) is 6.92 Å². The van der Waals surface area contributed by atoms with Crippen LogP contribution in [0.5, 0.6) is 0 Å². The van der Waals surface area contributed by atoms with Crippen LogP contribution in [0.4, 0.5) is 11.4 Å². The molecular weight excluding hydrogens is 332 g/mol. The van der Waals surface area contributed by atoms with Gasteiger partial charge in [-0.2, -0.15) is 4.31 Å². The number of benzene rings is 1. The fourth-order valence-corrected chi connectivity index (χ4v) is 3.75. The molecule has 1 fully saturated rings. The molecule has 1 amide bonds. The lowest BCUT2D eigenvalue weighted by atomic mass is 10.2. The normalized spacial score (nSPS) is 17.3. The average Bonchev–Trinajstić information content (AvgIpc) is 2.57. The Kier molecular flexibility index (Phi) is 6.16. The van der Waals surface area contributed by atoms with E-state index in [9.17, 15) is 13.2 Å². The van der Waals surface area contributed by atoms with Crippen molar-refractivity contribution in [2.45, 2.75) is 24.8 Å². The molecule has 1 saturated heterocycles. The first-order chi connectivity index (χ1) is 11.4. The molecule has 0 aromatic heterocycles. The molecule has 9 heteroatoms. The quantitative estimate of drug-likeness (QED) is 0.681. The van der Waals surface area contributed by atoms with Crippen molar-refractivity contribution in [3.8, 4) is 0 Å². The summed E-state index contributed by atoms with van der Waals surface area (Å²) >= 11 is 0. The second-order valence-corrected chi connectivity index (χ2v) is 7.47. The van der Waals surface area contributed by atoms with Crippen molar-refractivity contribution >= 4 is 27.3 Å². The molecule has 1 aromatic rings. The predicted molar refractivity (Wildman–Crippen MR) is 92.5 cm³/mol. The van der Waals surface area contributed by atoms with E-state index in [0.29, 0.717) is 44.2 Å². The Morgan fingerprint density at radius 3 is 2.58 bits per heavy atom. The Morgan fingerprint density at radius 1 is 1.33 bits per heavy atom. The number of anilines is 2. The fourth-order valence-electron chi connectivity index (χ4n) is 2.31. The lowest BCUT2D eigenvalue weighted by molar-refractivity contribution is -0.117. The van der Waals surface area contributed by atoms with Crippen LogP contribution in [0.25, 0.3) is 0 Å². The van der Waals surface area contributed by atoms with Gasteiger partial charge in [-0.25, -0.2) is 8.42 Å². The number of carbonyl (C=O) groups is 1. The lowest BCUT2D eigenvalue weighted by Gasteiger charge is -2.26. The summed E-state index contributed by atoms with van der Waals surface area (Å²) < 4.78 is 32.1.